The van der Waals surface area contributed by atoms with E-state index in [0.717, 1.165) is 37.7 Å². The zero-order valence-electron chi connectivity index (χ0n) is 14.7. The Morgan fingerprint density at radius 2 is 2.05 bits per heavy atom. The number of Topliss-reactive ketones (excluding diaryl/α,β-unsaturated/α-hetero) is 1. The number of ether oxygens (including phenoxy) is 1. The van der Waals surface area contributed by atoms with Crippen LogP contribution in [0.1, 0.15) is 66.7 Å². The first-order chi connectivity index (χ1) is 10.3. The summed E-state index contributed by atoms with van der Waals surface area (Å²) >= 11 is 0. The quantitative estimate of drug-likeness (QED) is 0.542. The molecule has 3 nitrogen and oxygen atoms in total. The monoisotopic (exact) mass is 306 g/mol. The number of allylic oxidation sites excluding steroid dienone is 1. The lowest BCUT2D eigenvalue weighted by Crippen LogP contribution is -2.32. The molecule has 2 aliphatic carbocycles. The molecule has 3 atom stereocenters. The summed E-state index contributed by atoms with van der Waals surface area (Å²) in [5, 5.41) is 0. The average Bonchev–Trinajstić information content (AvgIpc) is 2.77. The molecular formula is C19H30O3. The molecule has 0 spiro atoms. The lowest BCUT2D eigenvalue weighted by Gasteiger charge is -2.31. The Bertz CT molecular complexity index is 489. The summed E-state index contributed by atoms with van der Waals surface area (Å²) in [4.78, 5) is 25.1. The van der Waals surface area contributed by atoms with Gasteiger partial charge >= 0.3 is 5.97 Å². The van der Waals surface area contributed by atoms with Crippen molar-refractivity contribution in [3.8, 4) is 0 Å². The summed E-state index contributed by atoms with van der Waals surface area (Å²) in [6.45, 7) is 10.8. The van der Waals surface area contributed by atoms with E-state index < -0.39 is 0 Å². The molecule has 0 aromatic rings. The summed E-state index contributed by atoms with van der Waals surface area (Å²) in [6, 6.07) is 0. The van der Waals surface area contributed by atoms with Crippen LogP contribution in [-0.4, -0.2) is 18.4 Å². The summed E-state index contributed by atoms with van der Waals surface area (Å²) in [5.41, 5.74) is 0.640. The second-order valence-electron chi connectivity index (χ2n) is 7.60. The smallest absolute Gasteiger partial charge is 0.312 e. The third-order valence-corrected chi connectivity index (χ3v) is 6.20. The molecule has 0 amide bonds. The minimum Gasteiger partial charge on any atom is -0.466 e. The van der Waals surface area contributed by atoms with Crippen LogP contribution < -0.4 is 0 Å². The predicted octanol–water partition coefficient (Wildman–Crippen LogP) is 4.31. The number of ketones is 1. The van der Waals surface area contributed by atoms with Crippen LogP contribution in [0.3, 0.4) is 0 Å². The summed E-state index contributed by atoms with van der Waals surface area (Å²) in [6.07, 6.45) is 6.78. The minimum absolute atomic E-state index is 0.000115. The summed E-state index contributed by atoms with van der Waals surface area (Å²) in [7, 11) is 0. The second kappa shape index (κ2) is 6.17. The van der Waals surface area contributed by atoms with Gasteiger partial charge in [-0.1, -0.05) is 46.6 Å². The average molecular weight is 306 g/mol. The van der Waals surface area contributed by atoms with Crippen molar-refractivity contribution in [2.75, 3.05) is 6.61 Å². The van der Waals surface area contributed by atoms with Crippen LogP contribution in [0.2, 0.25) is 0 Å². The Labute approximate surface area is 134 Å². The molecule has 2 fully saturated rings. The lowest BCUT2D eigenvalue weighted by molar-refractivity contribution is -0.146. The molecule has 22 heavy (non-hydrogen) atoms. The number of unbranched alkanes of at least 4 members (excludes halogenated alkanes) is 1. The van der Waals surface area contributed by atoms with Crippen molar-refractivity contribution < 1.29 is 14.3 Å². The van der Waals surface area contributed by atoms with E-state index in [1.807, 2.05) is 13.0 Å². The van der Waals surface area contributed by atoms with E-state index in [1.165, 1.54) is 0 Å². The molecular weight excluding hydrogens is 276 g/mol. The summed E-state index contributed by atoms with van der Waals surface area (Å²) in [5.74, 6) is 0.114. The van der Waals surface area contributed by atoms with Crippen molar-refractivity contribution in [1.29, 1.82) is 0 Å². The first-order valence-electron chi connectivity index (χ1n) is 8.72. The maximum atomic E-state index is 12.9. The molecule has 2 aliphatic rings. The molecule has 3 heteroatoms. The molecule has 2 saturated carbocycles. The minimum atomic E-state index is -0.266. The van der Waals surface area contributed by atoms with Gasteiger partial charge in [0.1, 0.15) is 0 Å². The number of fused-ring (bicyclic) bond motifs is 2. The van der Waals surface area contributed by atoms with Crippen LogP contribution in [0.15, 0.2) is 11.6 Å². The third kappa shape index (κ3) is 2.53. The Hall–Kier alpha value is -1.12. The lowest BCUT2D eigenvalue weighted by atomic mass is 9.70. The molecule has 124 valence electrons. The van der Waals surface area contributed by atoms with Gasteiger partial charge in [0.25, 0.3) is 0 Å². The standard InChI is InChI=1S/C19H30O3/c1-6-8-9-13(17(21)22-7-2)12-14-15-10-11-19(5,16(14)20)18(15,3)4/h12-13,15H,6-11H2,1-5H3/b14-12+/t13-,15+,19-/m0/s1. The fraction of sp³-hybridized carbons (Fsp3) is 0.789. The molecule has 0 N–H and O–H groups in total. The fourth-order valence-electron chi connectivity index (χ4n) is 4.28. The van der Waals surface area contributed by atoms with Crippen molar-refractivity contribution in [3.63, 3.8) is 0 Å². The molecule has 2 rings (SSSR count). The number of hydrogen-bond acceptors (Lipinski definition) is 3. The number of esters is 1. The van der Waals surface area contributed by atoms with E-state index in [9.17, 15) is 9.59 Å². The van der Waals surface area contributed by atoms with Gasteiger partial charge in [0.2, 0.25) is 0 Å². The molecule has 2 bridgehead atoms. The summed E-state index contributed by atoms with van der Waals surface area (Å²) < 4.78 is 5.21. The fourth-order valence-corrected chi connectivity index (χ4v) is 4.28. The Balaban J connectivity index is 2.29. The number of hydrogen-bond donors (Lipinski definition) is 0. The van der Waals surface area contributed by atoms with Crippen LogP contribution in [0.4, 0.5) is 0 Å². The van der Waals surface area contributed by atoms with E-state index in [1.54, 1.807) is 0 Å². The first-order valence-corrected chi connectivity index (χ1v) is 8.72. The highest BCUT2D eigenvalue weighted by Gasteiger charge is 2.63. The van der Waals surface area contributed by atoms with E-state index in [2.05, 4.69) is 27.7 Å². The van der Waals surface area contributed by atoms with Gasteiger partial charge in [0.15, 0.2) is 5.78 Å². The number of rotatable bonds is 6. The van der Waals surface area contributed by atoms with Crippen molar-refractivity contribution in [2.24, 2.45) is 22.7 Å². The number of carbonyl (C=O) groups is 2. The molecule has 0 aromatic heterocycles. The van der Waals surface area contributed by atoms with Crippen LogP contribution in [0, 0.1) is 22.7 Å². The van der Waals surface area contributed by atoms with E-state index in [4.69, 9.17) is 4.74 Å². The normalized spacial score (nSPS) is 32.5. The van der Waals surface area contributed by atoms with Gasteiger partial charge in [0.05, 0.1) is 12.5 Å². The van der Waals surface area contributed by atoms with E-state index >= 15 is 0 Å². The Morgan fingerprint density at radius 3 is 2.55 bits per heavy atom. The maximum absolute atomic E-state index is 12.9. The predicted molar refractivity (Wildman–Crippen MR) is 87.4 cm³/mol. The van der Waals surface area contributed by atoms with Crippen molar-refractivity contribution >= 4 is 11.8 Å². The van der Waals surface area contributed by atoms with Gasteiger partial charge in [-0.15, -0.1) is 0 Å². The van der Waals surface area contributed by atoms with Crippen LogP contribution in [0.25, 0.3) is 0 Å². The van der Waals surface area contributed by atoms with Crippen LogP contribution in [0.5, 0.6) is 0 Å². The highest BCUT2D eigenvalue weighted by Crippen LogP contribution is 2.65. The molecule has 0 unspecified atom stereocenters. The Kier molecular flexibility index (Phi) is 4.84. The van der Waals surface area contributed by atoms with Crippen molar-refractivity contribution in [3.05, 3.63) is 11.6 Å². The van der Waals surface area contributed by atoms with Gasteiger partial charge in [-0.05, 0) is 43.1 Å². The molecule has 0 radical (unpaired) electrons. The van der Waals surface area contributed by atoms with Crippen molar-refractivity contribution in [1.82, 2.24) is 0 Å². The first kappa shape index (κ1) is 17.2. The van der Waals surface area contributed by atoms with Crippen LogP contribution in [-0.2, 0) is 14.3 Å². The third-order valence-electron chi connectivity index (χ3n) is 6.20. The topological polar surface area (TPSA) is 43.4 Å². The van der Waals surface area contributed by atoms with Gasteiger partial charge < -0.3 is 4.74 Å². The second-order valence-corrected chi connectivity index (χ2v) is 7.60. The highest BCUT2D eigenvalue weighted by molar-refractivity contribution is 6.05. The number of carbonyl (C=O) groups excluding carboxylic acids is 2. The molecule has 0 aliphatic heterocycles. The van der Waals surface area contributed by atoms with Crippen molar-refractivity contribution in [2.45, 2.75) is 66.7 Å². The zero-order valence-corrected chi connectivity index (χ0v) is 14.7. The van der Waals surface area contributed by atoms with Gasteiger partial charge in [0, 0.05) is 5.41 Å². The molecule has 0 aromatic carbocycles. The van der Waals surface area contributed by atoms with Crippen LogP contribution >= 0.6 is 0 Å². The van der Waals surface area contributed by atoms with Gasteiger partial charge in [-0.25, -0.2) is 0 Å². The highest BCUT2D eigenvalue weighted by atomic mass is 16.5. The Morgan fingerprint density at radius 1 is 1.36 bits per heavy atom. The largest absolute Gasteiger partial charge is 0.466 e. The maximum Gasteiger partial charge on any atom is 0.312 e. The van der Waals surface area contributed by atoms with Gasteiger partial charge in [-0.3, -0.25) is 9.59 Å². The van der Waals surface area contributed by atoms with E-state index in [0.29, 0.717) is 12.5 Å². The SMILES string of the molecule is CCCC[C@@H](/C=C1/C(=O)[C@]2(C)CC[C@H]1C2(C)C)C(=O)OCC. The van der Waals surface area contributed by atoms with Gasteiger partial charge in [-0.2, -0.15) is 0 Å². The molecule has 0 heterocycles. The molecule has 0 saturated heterocycles. The zero-order chi connectivity index (χ0) is 16.5. The van der Waals surface area contributed by atoms with E-state index in [-0.39, 0.29) is 28.5 Å².